The zero-order chi connectivity index (χ0) is 14.7. The van der Waals surface area contributed by atoms with Crippen molar-refractivity contribution in [3.05, 3.63) is 41.8 Å². The Morgan fingerprint density at radius 2 is 2.15 bits per heavy atom. The summed E-state index contributed by atoms with van der Waals surface area (Å²) in [5.74, 6) is -1.43. The second-order valence-corrected chi connectivity index (χ2v) is 3.91. The highest BCUT2D eigenvalue weighted by Crippen LogP contribution is 2.26. The smallest absolute Gasteiger partial charge is 0.354 e. The van der Waals surface area contributed by atoms with Gasteiger partial charge in [0.25, 0.3) is 0 Å². The maximum atomic E-state index is 13.3. The van der Waals surface area contributed by atoms with Gasteiger partial charge in [0.2, 0.25) is 0 Å². The molecule has 0 fully saturated rings. The van der Waals surface area contributed by atoms with Crippen molar-refractivity contribution in [1.29, 1.82) is 0 Å². The monoisotopic (exact) mass is 277 g/mol. The van der Waals surface area contributed by atoms with Gasteiger partial charge in [0.1, 0.15) is 0 Å². The van der Waals surface area contributed by atoms with Gasteiger partial charge in [-0.1, -0.05) is 0 Å². The predicted octanol–water partition coefficient (Wildman–Crippen LogP) is 2.25. The molecule has 104 valence electrons. The molecule has 0 saturated heterocycles. The van der Waals surface area contributed by atoms with Crippen molar-refractivity contribution < 1.29 is 19.0 Å². The van der Waals surface area contributed by atoms with E-state index < -0.39 is 11.8 Å². The molecule has 2 rings (SSSR count). The highest BCUT2D eigenvalue weighted by molar-refractivity contribution is 5.87. The molecule has 0 aliphatic carbocycles. The summed E-state index contributed by atoms with van der Waals surface area (Å²) in [5, 5.41) is 11.7. The molecule has 0 atom stereocenters. The Kier molecular flexibility index (Phi) is 3.69. The molecule has 0 saturated carbocycles. The van der Waals surface area contributed by atoms with E-state index in [9.17, 15) is 9.18 Å². The van der Waals surface area contributed by atoms with E-state index in [1.54, 1.807) is 0 Å². The van der Waals surface area contributed by atoms with Crippen molar-refractivity contribution in [2.75, 3.05) is 18.2 Å². The van der Waals surface area contributed by atoms with E-state index in [1.165, 1.54) is 37.4 Å². The summed E-state index contributed by atoms with van der Waals surface area (Å²) in [7, 11) is 1.35. The largest absolute Gasteiger partial charge is 0.494 e. The third-order valence-electron chi connectivity index (χ3n) is 2.56. The molecule has 1 heterocycles. The molecule has 0 spiro atoms. The summed E-state index contributed by atoms with van der Waals surface area (Å²) in [5.41, 5.74) is 6.32. The summed E-state index contributed by atoms with van der Waals surface area (Å²) in [6.45, 7) is 0. The first-order valence-electron chi connectivity index (χ1n) is 5.61. The lowest BCUT2D eigenvalue weighted by Crippen LogP contribution is -2.06. The highest BCUT2D eigenvalue weighted by atomic mass is 19.1. The number of pyridine rings is 1. The third-order valence-corrected chi connectivity index (χ3v) is 2.56. The molecule has 7 heteroatoms. The quantitative estimate of drug-likeness (QED) is 0.793. The molecule has 0 radical (unpaired) electrons. The zero-order valence-electron chi connectivity index (χ0n) is 10.6. The van der Waals surface area contributed by atoms with Crippen LogP contribution < -0.4 is 15.8 Å². The van der Waals surface area contributed by atoms with E-state index in [2.05, 4.69) is 10.3 Å². The van der Waals surface area contributed by atoms with Crippen molar-refractivity contribution in [3.63, 3.8) is 0 Å². The highest BCUT2D eigenvalue weighted by Gasteiger charge is 2.10. The molecule has 0 aliphatic heterocycles. The van der Waals surface area contributed by atoms with Crippen molar-refractivity contribution in [1.82, 2.24) is 4.98 Å². The van der Waals surface area contributed by atoms with Crippen LogP contribution in [0.25, 0.3) is 0 Å². The summed E-state index contributed by atoms with van der Waals surface area (Å²) in [4.78, 5) is 14.7. The first-order chi connectivity index (χ1) is 9.51. The zero-order valence-corrected chi connectivity index (χ0v) is 10.6. The number of nitrogens with two attached hydrogens (primary N) is 1. The van der Waals surface area contributed by atoms with Gasteiger partial charge in [-0.3, -0.25) is 0 Å². The Bertz CT molecular complexity index is 661. The van der Waals surface area contributed by atoms with E-state index in [4.69, 9.17) is 15.6 Å². The topological polar surface area (TPSA) is 97.5 Å². The van der Waals surface area contributed by atoms with Crippen LogP contribution in [0.4, 0.5) is 21.6 Å². The molecule has 0 bridgehead atoms. The average Bonchev–Trinajstić information content (AvgIpc) is 2.43. The number of hydrogen-bond donors (Lipinski definition) is 3. The fraction of sp³-hybridized carbons (Fsp3) is 0.0769. The van der Waals surface area contributed by atoms with Crippen LogP contribution in [0.5, 0.6) is 5.75 Å². The summed E-state index contributed by atoms with van der Waals surface area (Å²) >= 11 is 0. The minimum atomic E-state index is -1.16. The number of methoxy groups -OCH3 is 1. The van der Waals surface area contributed by atoms with Crippen molar-refractivity contribution in [3.8, 4) is 5.75 Å². The molecule has 0 unspecified atom stereocenters. The molecule has 0 amide bonds. The minimum absolute atomic E-state index is 0.0583. The van der Waals surface area contributed by atoms with Crippen LogP contribution >= 0.6 is 0 Å². The number of carboxylic acid groups (broad SMARTS) is 1. The minimum Gasteiger partial charge on any atom is -0.494 e. The van der Waals surface area contributed by atoms with Gasteiger partial charge in [-0.25, -0.2) is 14.2 Å². The number of nitrogen functional groups attached to an aromatic ring is 1. The van der Waals surface area contributed by atoms with Crippen molar-refractivity contribution >= 4 is 23.2 Å². The Morgan fingerprint density at radius 3 is 2.80 bits per heavy atom. The second kappa shape index (κ2) is 5.43. The number of aromatic carboxylic acids is 1. The van der Waals surface area contributed by atoms with Gasteiger partial charge in [0.15, 0.2) is 23.1 Å². The van der Waals surface area contributed by atoms with Gasteiger partial charge in [-0.2, -0.15) is 0 Å². The van der Waals surface area contributed by atoms with Crippen molar-refractivity contribution in [2.45, 2.75) is 0 Å². The van der Waals surface area contributed by atoms with Gasteiger partial charge in [-0.05, 0) is 24.3 Å². The fourth-order valence-corrected chi connectivity index (χ4v) is 1.56. The normalized spacial score (nSPS) is 10.1. The van der Waals surface area contributed by atoms with Gasteiger partial charge in [-0.15, -0.1) is 0 Å². The van der Waals surface area contributed by atoms with Gasteiger partial charge in [0.05, 0.1) is 12.8 Å². The van der Waals surface area contributed by atoms with Crippen LogP contribution in [0.3, 0.4) is 0 Å². The third kappa shape index (κ3) is 2.77. The number of carboxylic acids is 1. The lowest BCUT2D eigenvalue weighted by Gasteiger charge is -2.10. The summed E-state index contributed by atoms with van der Waals surface area (Å²) in [6, 6.07) is 6.84. The molecule has 2 aromatic rings. The number of nitrogens with one attached hydrogen (secondary N) is 1. The number of nitrogens with zero attached hydrogens (tertiary/aromatic N) is 1. The molecular weight excluding hydrogens is 265 g/mol. The Morgan fingerprint density at radius 1 is 1.40 bits per heavy atom. The lowest BCUT2D eigenvalue weighted by atomic mass is 10.2. The molecule has 0 aliphatic rings. The Balaban J connectivity index is 2.34. The Hall–Kier alpha value is -2.83. The van der Waals surface area contributed by atoms with E-state index >= 15 is 0 Å². The molecule has 1 aromatic heterocycles. The number of aromatic nitrogens is 1. The Labute approximate surface area is 114 Å². The predicted molar refractivity (Wildman–Crippen MR) is 71.8 cm³/mol. The number of rotatable bonds is 4. The SMILES string of the molecule is COc1cc(Nc2nc(C(=O)O)ccc2N)ccc1F. The van der Waals surface area contributed by atoms with Crippen LogP contribution in [0, 0.1) is 5.82 Å². The van der Waals surface area contributed by atoms with Crippen LogP contribution in [0.15, 0.2) is 30.3 Å². The van der Waals surface area contributed by atoms with E-state index in [-0.39, 0.29) is 22.9 Å². The molecule has 4 N–H and O–H groups in total. The number of halogens is 1. The van der Waals surface area contributed by atoms with Crippen LogP contribution in [0.1, 0.15) is 10.5 Å². The molecule has 6 nitrogen and oxygen atoms in total. The molecule has 1 aromatic carbocycles. The first-order valence-corrected chi connectivity index (χ1v) is 5.61. The molecular formula is C13H12FN3O3. The lowest BCUT2D eigenvalue weighted by molar-refractivity contribution is 0.0690. The summed E-state index contributed by atoms with van der Waals surface area (Å²) in [6.07, 6.45) is 0. The standard InChI is InChI=1S/C13H12FN3O3/c1-20-11-6-7(2-3-8(11)14)16-12-9(15)4-5-10(17-12)13(18)19/h2-6H,15H2,1H3,(H,16,17)(H,18,19). The number of hydrogen-bond acceptors (Lipinski definition) is 5. The van der Waals surface area contributed by atoms with Crippen LogP contribution in [-0.2, 0) is 0 Å². The second-order valence-electron chi connectivity index (χ2n) is 3.91. The van der Waals surface area contributed by atoms with E-state index in [1.807, 2.05) is 0 Å². The van der Waals surface area contributed by atoms with Gasteiger partial charge in [0, 0.05) is 11.8 Å². The number of anilines is 3. The van der Waals surface area contributed by atoms with E-state index in [0.717, 1.165) is 0 Å². The van der Waals surface area contributed by atoms with Crippen LogP contribution in [-0.4, -0.2) is 23.2 Å². The summed E-state index contributed by atoms with van der Waals surface area (Å²) < 4.78 is 18.1. The fourth-order valence-electron chi connectivity index (χ4n) is 1.56. The maximum absolute atomic E-state index is 13.3. The molecule has 20 heavy (non-hydrogen) atoms. The first kappa shape index (κ1) is 13.6. The number of benzene rings is 1. The number of carbonyl (C=O) groups is 1. The number of ether oxygens (including phenoxy) is 1. The van der Waals surface area contributed by atoms with Gasteiger partial charge >= 0.3 is 5.97 Å². The van der Waals surface area contributed by atoms with E-state index in [0.29, 0.717) is 5.69 Å². The van der Waals surface area contributed by atoms with Crippen molar-refractivity contribution in [2.24, 2.45) is 0 Å². The van der Waals surface area contributed by atoms with Crippen LogP contribution in [0.2, 0.25) is 0 Å². The van der Waals surface area contributed by atoms with Gasteiger partial charge < -0.3 is 20.9 Å². The maximum Gasteiger partial charge on any atom is 0.354 e. The average molecular weight is 277 g/mol.